The van der Waals surface area contributed by atoms with Crippen molar-refractivity contribution >= 4 is 5.91 Å². The van der Waals surface area contributed by atoms with Crippen molar-refractivity contribution in [2.24, 2.45) is 0 Å². The van der Waals surface area contributed by atoms with Crippen LogP contribution in [0.2, 0.25) is 0 Å². The molecule has 0 aromatic rings. The molecule has 2 aliphatic rings. The number of carbonyl (C=O) groups is 1. The van der Waals surface area contributed by atoms with Gasteiger partial charge in [0.2, 0.25) is 5.91 Å². The minimum Gasteiger partial charge on any atom is -0.394 e. The Hall–Kier alpha value is -1.01. The minimum absolute atomic E-state index is 0.230. The van der Waals surface area contributed by atoms with Crippen LogP contribution in [0.25, 0.3) is 0 Å². The summed E-state index contributed by atoms with van der Waals surface area (Å²) in [6, 6.07) is -0.817. The van der Waals surface area contributed by atoms with E-state index in [-0.39, 0.29) is 12.5 Å². The Balaban J connectivity index is 1.64. The van der Waals surface area contributed by atoms with Gasteiger partial charge in [0.05, 0.1) is 32.0 Å². The Morgan fingerprint density at radius 1 is 0.525 bits per heavy atom. The molecule has 0 aliphatic carbocycles. The molecule has 61 heavy (non-hydrogen) atoms. The standard InChI is InChI=1S/C47H91NO13/c1-3-5-7-8-9-10-11-12-13-14-15-16-17-18-19-20-21-22-23-24-25-26-27-29-30-36(51)35(48-39(52)31-28-6-4-2)34-58-46-44(57)42(55)45(38(33-50)60-46)61-47-43(56)41(54)40(53)37(32-49)59-47/h35-38,40-47,49-51,53-57H,3-34H2,1-2H3,(H,48,52). The van der Waals surface area contributed by atoms with Crippen molar-refractivity contribution < 1.29 is 64.6 Å². The molecule has 9 N–H and O–H groups in total. The molecule has 362 valence electrons. The van der Waals surface area contributed by atoms with Crippen LogP contribution in [0.1, 0.15) is 200 Å². The smallest absolute Gasteiger partial charge is 0.220 e. The first-order chi connectivity index (χ1) is 29.6. The third kappa shape index (κ3) is 23.1. The highest BCUT2D eigenvalue weighted by molar-refractivity contribution is 5.76. The number of nitrogens with one attached hydrogen (secondary N) is 1. The zero-order valence-electron chi connectivity index (χ0n) is 38.2. The normalized spacial score (nSPS) is 27.9. The van der Waals surface area contributed by atoms with Gasteiger partial charge < -0.3 is 65.1 Å². The second kappa shape index (κ2) is 35.3. The third-order valence-electron chi connectivity index (χ3n) is 12.6. The summed E-state index contributed by atoms with van der Waals surface area (Å²) in [5, 5.41) is 86.2. The van der Waals surface area contributed by atoms with Crippen LogP contribution in [0.3, 0.4) is 0 Å². The highest BCUT2D eigenvalue weighted by atomic mass is 16.7. The number of amides is 1. The molecular formula is C47H91NO13. The lowest BCUT2D eigenvalue weighted by Crippen LogP contribution is -2.65. The molecular weight excluding hydrogens is 787 g/mol. The second-order valence-corrected chi connectivity index (χ2v) is 18.0. The van der Waals surface area contributed by atoms with E-state index < -0.39 is 86.8 Å². The van der Waals surface area contributed by atoms with E-state index in [1.807, 2.05) is 6.92 Å². The molecule has 2 saturated heterocycles. The van der Waals surface area contributed by atoms with Crippen LogP contribution >= 0.6 is 0 Å². The summed E-state index contributed by atoms with van der Waals surface area (Å²) in [4.78, 5) is 12.8. The maximum absolute atomic E-state index is 12.8. The van der Waals surface area contributed by atoms with Gasteiger partial charge in [-0.1, -0.05) is 181 Å². The van der Waals surface area contributed by atoms with Crippen molar-refractivity contribution in [3.8, 4) is 0 Å². The summed E-state index contributed by atoms with van der Waals surface area (Å²) in [6.07, 6.45) is 18.0. The van der Waals surface area contributed by atoms with E-state index in [0.717, 1.165) is 38.5 Å². The average molecular weight is 878 g/mol. The first kappa shape index (κ1) is 56.1. The fourth-order valence-electron chi connectivity index (χ4n) is 8.47. The molecule has 0 radical (unpaired) electrons. The number of rotatable bonds is 38. The van der Waals surface area contributed by atoms with Crippen LogP contribution in [0.5, 0.6) is 0 Å². The topological polar surface area (TPSA) is 228 Å². The molecule has 14 heteroatoms. The molecule has 12 atom stereocenters. The van der Waals surface area contributed by atoms with Crippen LogP contribution in [0.4, 0.5) is 0 Å². The predicted molar refractivity (Wildman–Crippen MR) is 236 cm³/mol. The lowest BCUT2D eigenvalue weighted by atomic mass is 9.97. The van der Waals surface area contributed by atoms with Crippen LogP contribution in [-0.2, 0) is 23.7 Å². The third-order valence-corrected chi connectivity index (χ3v) is 12.6. The Morgan fingerprint density at radius 3 is 1.39 bits per heavy atom. The fraction of sp³-hybridized carbons (Fsp3) is 0.979. The van der Waals surface area contributed by atoms with Gasteiger partial charge in [0, 0.05) is 6.42 Å². The van der Waals surface area contributed by atoms with E-state index in [4.69, 9.17) is 18.9 Å². The first-order valence-electron chi connectivity index (χ1n) is 24.8. The molecule has 1 amide bonds. The van der Waals surface area contributed by atoms with Crippen molar-refractivity contribution in [1.82, 2.24) is 5.32 Å². The van der Waals surface area contributed by atoms with Crippen LogP contribution in [0.15, 0.2) is 0 Å². The SMILES string of the molecule is CCCCCCCCCCCCCCCCCCCCCCCCCCC(O)C(COC1OC(CO)C(OC2OC(CO)C(O)C(O)C2O)C(O)C1O)NC(=O)CCCCC. The van der Waals surface area contributed by atoms with Crippen molar-refractivity contribution in [1.29, 1.82) is 0 Å². The number of unbranched alkanes of at least 4 members (excludes halogenated alkanes) is 25. The number of ether oxygens (including phenoxy) is 4. The number of carbonyl (C=O) groups excluding carboxylic acids is 1. The maximum atomic E-state index is 12.8. The van der Waals surface area contributed by atoms with Crippen molar-refractivity contribution in [3.05, 3.63) is 0 Å². The Bertz CT molecular complexity index is 1040. The van der Waals surface area contributed by atoms with E-state index in [9.17, 15) is 45.6 Å². The summed E-state index contributed by atoms with van der Waals surface area (Å²) in [6.45, 7) is 2.68. The van der Waals surface area contributed by atoms with Crippen LogP contribution in [0, 0.1) is 0 Å². The van der Waals surface area contributed by atoms with E-state index >= 15 is 0 Å². The molecule has 2 fully saturated rings. The summed E-state index contributed by atoms with van der Waals surface area (Å²) < 4.78 is 22.6. The molecule has 0 bridgehead atoms. The number of hydrogen-bond acceptors (Lipinski definition) is 13. The summed E-state index contributed by atoms with van der Waals surface area (Å²) in [5.41, 5.74) is 0. The van der Waals surface area contributed by atoms with Crippen LogP contribution in [-0.4, -0.2) is 140 Å². The average Bonchev–Trinajstić information content (AvgIpc) is 3.25. The summed E-state index contributed by atoms with van der Waals surface area (Å²) in [5.74, 6) is -0.230. The van der Waals surface area contributed by atoms with Gasteiger partial charge in [-0.3, -0.25) is 4.79 Å². The van der Waals surface area contributed by atoms with Crippen molar-refractivity contribution in [2.75, 3.05) is 19.8 Å². The Labute approximate surface area is 368 Å². The minimum atomic E-state index is -1.78. The number of aliphatic hydroxyl groups is 8. The quantitative estimate of drug-likeness (QED) is 0.0334. The number of aliphatic hydroxyl groups excluding tert-OH is 8. The van der Waals surface area contributed by atoms with E-state index in [2.05, 4.69) is 12.2 Å². The molecule has 14 nitrogen and oxygen atoms in total. The largest absolute Gasteiger partial charge is 0.394 e. The fourth-order valence-corrected chi connectivity index (χ4v) is 8.47. The highest BCUT2D eigenvalue weighted by Crippen LogP contribution is 2.30. The van der Waals surface area contributed by atoms with Gasteiger partial charge in [-0.05, 0) is 12.8 Å². The molecule has 2 rings (SSSR count). The van der Waals surface area contributed by atoms with Crippen molar-refractivity contribution in [3.63, 3.8) is 0 Å². The van der Waals surface area contributed by atoms with Gasteiger partial charge >= 0.3 is 0 Å². The number of hydrogen-bond donors (Lipinski definition) is 9. The van der Waals surface area contributed by atoms with Gasteiger partial charge in [0.15, 0.2) is 12.6 Å². The molecule has 12 unspecified atom stereocenters. The monoisotopic (exact) mass is 878 g/mol. The lowest BCUT2D eigenvalue weighted by molar-refractivity contribution is -0.359. The van der Waals surface area contributed by atoms with Gasteiger partial charge in [0.25, 0.3) is 0 Å². The lowest BCUT2D eigenvalue weighted by Gasteiger charge is -2.46. The highest BCUT2D eigenvalue weighted by Gasteiger charge is 2.51. The maximum Gasteiger partial charge on any atom is 0.220 e. The zero-order chi connectivity index (χ0) is 44.7. The van der Waals surface area contributed by atoms with E-state index in [1.54, 1.807) is 0 Å². The van der Waals surface area contributed by atoms with E-state index in [1.165, 1.54) is 128 Å². The van der Waals surface area contributed by atoms with E-state index in [0.29, 0.717) is 19.3 Å². The Morgan fingerprint density at radius 2 is 0.934 bits per heavy atom. The van der Waals surface area contributed by atoms with Gasteiger partial charge in [-0.2, -0.15) is 0 Å². The molecule has 0 saturated carbocycles. The predicted octanol–water partition coefficient (Wildman–Crippen LogP) is 5.83. The molecule has 2 aliphatic heterocycles. The molecule has 0 aromatic carbocycles. The van der Waals surface area contributed by atoms with Gasteiger partial charge in [-0.15, -0.1) is 0 Å². The zero-order valence-corrected chi connectivity index (χ0v) is 38.2. The molecule has 0 spiro atoms. The molecule has 0 aromatic heterocycles. The van der Waals surface area contributed by atoms with Gasteiger partial charge in [-0.25, -0.2) is 0 Å². The van der Waals surface area contributed by atoms with Crippen LogP contribution < -0.4 is 5.32 Å². The second-order valence-electron chi connectivity index (χ2n) is 18.0. The van der Waals surface area contributed by atoms with Gasteiger partial charge in [0.1, 0.15) is 48.8 Å². The Kier molecular flexibility index (Phi) is 32.5. The first-order valence-corrected chi connectivity index (χ1v) is 24.8. The molecule has 2 heterocycles. The van der Waals surface area contributed by atoms with Crippen molar-refractivity contribution in [2.45, 2.75) is 274 Å². The summed E-state index contributed by atoms with van der Waals surface area (Å²) in [7, 11) is 0. The summed E-state index contributed by atoms with van der Waals surface area (Å²) >= 11 is 0.